The van der Waals surface area contributed by atoms with Crippen molar-refractivity contribution < 1.29 is 9.59 Å². The highest BCUT2D eigenvalue weighted by molar-refractivity contribution is 5.86. The second kappa shape index (κ2) is 11.3. The standard InChI is InChI=1S/C15H25N5O2.2ClH/c1-12(20-8-4-7-18-20)15(22)19(2)11-14(21)17-10-13-5-3-6-16-9-13;;/h4,7-8,12-13,16H,3,5-6,9-11H2,1-2H3,(H,17,21);2*1H. The van der Waals surface area contributed by atoms with Crippen LogP contribution < -0.4 is 10.6 Å². The third kappa shape index (κ3) is 6.67. The van der Waals surface area contributed by atoms with Crippen LogP contribution in [0.4, 0.5) is 0 Å². The maximum absolute atomic E-state index is 12.3. The van der Waals surface area contributed by atoms with Gasteiger partial charge in [0, 0.05) is 26.0 Å². The maximum atomic E-state index is 12.3. The molecule has 24 heavy (non-hydrogen) atoms. The molecule has 0 aromatic carbocycles. The molecule has 1 saturated heterocycles. The molecule has 2 amide bonds. The first kappa shape index (κ1) is 22.7. The van der Waals surface area contributed by atoms with Crippen molar-refractivity contribution in [2.24, 2.45) is 5.92 Å². The Morgan fingerprint density at radius 1 is 1.46 bits per heavy atom. The second-order valence-electron chi connectivity index (χ2n) is 5.87. The molecule has 0 aliphatic carbocycles. The molecule has 1 aliphatic rings. The number of likely N-dealkylation sites (N-methyl/N-ethyl adjacent to an activating group) is 1. The summed E-state index contributed by atoms with van der Waals surface area (Å²) in [4.78, 5) is 25.7. The van der Waals surface area contributed by atoms with Crippen LogP contribution >= 0.6 is 24.8 Å². The average Bonchev–Trinajstić information content (AvgIpc) is 3.07. The molecule has 2 N–H and O–H groups in total. The third-order valence-electron chi connectivity index (χ3n) is 4.02. The van der Waals surface area contributed by atoms with Crippen molar-refractivity contribution in [3.05, 3.63) is 18.5 Å². The molecule has 1 fully saturated rings. The Balaban J connectivity index is 0.00000264. The number of carbonyl (C=O) groups is 2. The van der Waals surface area contributed by atoms with Gasteiger partial charge >= 0.3 is 0 Å². The van der Waals surface area contributed by atoms with E-state index in [4.69, 9.17) is 0 Å². The molecule has 2 unspecified atom stereocenters. The zero-order valence-corrected chi connectivity index (χ0v) is 15.7. The molecule has 1 aromatic rings. The van der Waals surface area contributed by atoms with Crippen molar-refractivity contribution in [1.29, 1.82) is 0 Å². The van der Waals surface area contributed by atoms with Crippen LogP contribution in [0.1, 0.15) is 25.8 Å². The summed E-state index contributed by atoms with van der Waals surface area (Å²) in [6.07, 6.45) is 5.67. The normalized spacial score (nSPS) is 17.8. The van der Waals surface area contributed by atoms with Gasteiger partial charge in [-0.25, -0.2) is 0 Å². The molecule has 1 aliphatic heterocycles. The maximum Gasteiger partial charge on any atom is 0.247 e. The molecular weight excluding hydrogens is 353 g/mol. The molecule has 9 heteroatoms. The summed E-state index contributed by atoms with van der Waals surface area (Å²) in [7, 11) is 1.64. The minimum atomic E-state index is -0.407. The summed E-state index contributed by atoms with van der Waals surface area (Å²) in [5.74, 6) is 0.244. The first-order chi connectivity index (χ1) is 10.6. The summed E-state index contributed by atoms with van der Waals surface area (Å²) >= 11 is 0. The van der Waals surface area contributed by atoms with E-state index in [-0.39, 0.29) is 43.2 Å². The van der Waals surface area contributed by atoms with Crippen molar-refractivity contribution in [3.8, 4) is 0 Å². The lowest BCUT2D eigenvalue weighted by Gasteiger charge is -2.24. The Labute approximate surface area is 155 Å². The van der Waals surface area contributed by atoms with E-state index >= 15 is 0 Å². The number of nitrogens with one attached hydrogen (secondary N) is 2. The fourth-order valence-electron chi connectivity index (χ4n) is 2.65. The number of nitrogens with zero attached hydrogens (tertiary/aromatic N) is 3. The lowest BCUT2D eigenvalue weighted by atomic mass is 10.00. The van der Waals surface area contributed by atoms with Crippen LogP contribution in [-0.4, -0.2) is 59.7 Å². The fraction of sp³-hybridized carbons (Fsp3) is 0.667. The third-order valence-corrected chi connectivity index (χ3v) is 4.02. The van der Waals surface area contributed by atoms with Crippen molar-refractivity contribution >= 4 is 36.6 Å². The monoisotopic (exact) mass is 379 g/mol. The molecule has 2 rings (SSSR count). The van der Waals surface area contributed by atoms with E-state index in [0.717, 1.165) is 25.9 Å². The highest BCUT2D eigenvalue weighted by Gasteiger charge is 2.21. The zero-order chi connectivity index (χ0) is 15.9. The Morgan fingerprint density at radius 2 is 2.21 bits per heavy atom. The molecule has 1 aromatic heterocycles. The summed E-state index contributed by atoms with van der Waals surface area (Å²) in [5.41, 5.74) is 0. The summed E-state index contributed by atoms with van der Waals surface area (Å²) < 4.78 is 1.59. The van der Waals surface area contributed by atoms with Gasteiger partial charge in [0.2, 0.25) is 11.8 Å². The predicted molar refractivity (Wildman–Crippen MR) is 97.7 cm³/mol. The van der Waals surface area contributed by atoms with E-state index in [0.29, 0.717) is 12.5 Å². The quantitative estimate of drug-likeness (QED) is 0.768. The van der Waals surface area contributed by atoms with Crippen molar-refractivity contribution in [2.45, 2.75) is 25.8 Å². The number of aromatic nitrogens is 2. The zero-order valence-electron chi connectivity index (χ0n) is 14.1. The van der Waals surface area contributed by atoms with Gasteiger partial charge in [-0.05, 0) is 44.8 Å². The lowest BCUT2D eigenvalue weighted by molar-refractivity contribution is -0.137. The van der Waals surface area contributed by atoms with Gasteiger partial charge in [-0.3, -0.25) is 14.3 Å². The van der Waals surface area contributed by atoms with E-state index in [1.54, 1.807) is 37.1 Å². The Bertz CT molecular complexity index is 492. The van der Waals surface area contributed by atoms with E-state index in [2.05, 4.69) is 15.7 Å². The van der Waals surface area contributed by atoms with E-state index in [1.165, 1.54) is 4.90 Å². The molecule has 2 atom stereocenters. The van der Waals surface area contributed by atoms with Gasteiger partial charge in [0.25, 0.3) is 0 Å². The van der Waals surface area contributed by atoms with Crippen LogP contribution in [0.25, 0.3) is 0 Å². The van der Waals surface area contributed by atoms with Crippen LogP contribution in [0.2, 0.25) is 0 Å². The second-order valence-corrected chi connectivity index (χ2v) is 5.87. The van der Waals surface area contributed by atoms with Gasteiger partial charge < -0.3 is 15.5 Å². The number of carbonyl (C=O) groups excluding carboxylic acids is 2. The number of hydrogen-bond acceptors (Lipinski definition) is 4. The number of rotatable bonds is 6. The summed E-state index contributed by atoms with van der Waals surface area (Å²) in [6, 6.07) is 1.37. The predicted octanol–water partition coefficient (Wildman–Crippen LogP) is 0.862. The highest BCUT2D eigenvalue weighted by Crippen LogP contribution is 2.09. The van der Waals surface area contributed by atoms with Crippen molar-refractivity contribution in [1.82, 2.24) is 25.3 Å². The van der Waals surface area contributed by atoms with Crippen molar-refractivity contribution in [2.75, 3.05) is 33.2 Å². The van der Waals surface area contributed by atoms with E-state index in [1.807, 2.05) is 0 Å². The number of halogens is 2. The molecule has 0 saturated carbocycles. The Hall–Kier alpha value is -1.31. The first-order valence-electron chi connectivity index (χ1n) is 7.79. The van der Waals surface area contributed by atoms with Crippen LogP contribution in [0.3, 0.4) is 0 Å². The van der Waals surface area contributed by atoms with Crippen LogP contribution in [0, 0.1) is 5.92 Å². The minimum Gasteiger partial charge on any atom is -0.354 e. The average molecular weight is 380 g/mol. The number of piperidine rings is 1. The van der Waals surface area contributed by atoms with Gasteiger partial charge in [0.15, 0.2) is 0 Å². The Kier molecular flexibility index (Phi) is 10.7. The lowest BCUT2D eigenvalue weighted by Crippen LogP contribution is -2.44. The molecular formula is C15H27Cl2N5O2. The number of amides is 2. The topological polar surface area (TPSA) is 79.3 Å². The first-order valence-corrected chi connectivity index (χ1v) is 7.79. The van der Waals surface area contributed by atoms with Gasteiger partial charge in [0.05, 0.1) is 6.54 Å². The molecule has 7 nitrogen and oxygen atoms in total. The Morgan fingerprint density at radius 3 is 2.79 bits per heavy atom. The minimum absolute atomic E-state index is 0. The smallest absolute Gasteiger partial charge is 0.247 e. The van der Waals surface area contributed by atoms with Crippen LogP contribution in [0.15, 0.2) is 18.5 Å². The van der Waals surface area contributed by atoms with Gasteiger partial charge in [-0.2, -0.15) is 5.10 Å². The molecule has 0 bridgehead atoms. The van der Waals surface area contributed by atoms with Crippen LogP contribution in [-0.2, 0) is 9.59 Å². The van der Waals surface area contributed by atoms with Crippen LogP contribution in [0.5, 0.6) is 0 Å². The highest BCUT2D eigenvalue weighted by atomic mass is 35.5. The SMILES string of the molecule is CC(C(=O)N(C)CC(=O)NCC1CCCNC1)n1cccn1.Cl.Cl. The van der Waals surface area contributed by atoms with Crippen molar-refractivity contribution in [3.63, 3.8) is 0 Å². The van der Waals surface area contributed by atoms with Gasteiger partial charge in [-0.1, -0.05) is 0 Å². The molecule has 0 spiro atoms. The largest absolute Gasteiger partial charge is 0.354 e. The van der Waals surface area contributed by atoms with Gasteiger partial charge in [0.1, 0.15) is 6.04 Å². The molecule has 0 radical (unpaired) electrons. The van der Waals surface area contributed by atoms with E-state index < -0.39 is 6.04 Å². The number of hydrogen-bond donors (Lipinski definition) is 2. The molecule has 138 valence electrons. The summed E-state index contributed by atoms with van der Waals surface area (Å²) in [6.45, 7) is 4.53. The molecule has 2 heterocycles. The van der Waals surface area contributed by atoms with E-state index in [9.17, 15) is 9.59 Å². The van der Waals surface area contributed by atoms with Gasteiger partial charge in [-0.15, -0.1) is 24.8 Å². The fourth-order valence-corrected chi connectivity index (χ4v) is 2.65. The summed E-state index contributed by atoms with van der Waals surface area (Å²) in [5, 5.41) is 10.3.